The number of carbonyl (C=O) groups is 1. The lowest BCUT2D eigenvalue weighted by Gasteiger charge is -2.13. The van der Waals surface area contributed by atoms with Crippen LogP contribution in [0.3, 0.4) is 0 Å². The summed E-state index contributed by atoms with van der Waals surface area (Å²) in [4.78, 5) is 16.4. The van der Waals surface area contributed by atoms with E-state index in [-0.39, 0.29) is 17.4 Å². The quantitative estimate of drug-likeness (QED) is 0.879. The van der Waals surface area contributed by atoms with Gasteiger partial charge in [-0.15, -0.1) is 0 Å². The van der Waals surface area contributed by atoms with Gasteiger partial charge in [0, 0.05) is 22.7 Å². The molecule has 1 aromatic carbocycles. The first-order valence-corrected chi connectivity index (χ1v) is 8.34. The van der Waals surface area contributed by atoms with Crippen molar-refractivity contribution in [1.82, 2.24) is 15.5 Å². The minimum atomic E-state index is -0.141. The van der Waals surface area contributed by atoms with Crippen molar-refractivity contribution in [2.45, 2.75) is 58.0 Å². The molecule has 0 aliphatic heterocycles. The Balaban J connectivity index is 1.62. The zero-order valence-corrected chi connectivity index (χ0v) is 14.6. The first-order valence-electron chi connectivity index (χ1n) is 8.34. The maximum absolute atomic E-state index is 12.0. The van der Waals surface area contributed by atoms with Crippen molar-refractivity contribution in [2.24, 2.45) is 0 Å². The van der Waals surface area contributed by atoms with Gasteiger partial charge in [0.15, 0.2) is 5.82 Å². The summed E-state index contributed by atoms with van der Waals surface area (Å²) in [6.45, 7) is 8.11. The Bertz CT molecular complexity index is 711. The molecule has 1 aromatic heterocycles. The number of amides is 1. The molecule has 1 amide bonds. The fraction of sp³-hybridized carbons (Fsp3) is 0.500. The average molecular weight is 328 g/mol. The third-order valence-electron chi connectivity index (χ3n) is 3.93. The van der Waals surface area contributed by atoms with E-state index in [2.05, 4.69) is 20.8 Å². The van der Waals surface area contributed by atoms with Crippen molar-refractivity contribution >= 4 is 11.6 Å². The molecule has 0 radical (unpaired) electrons. The van der Waals surface area contributed by atoms with Crippen LogP contribution in [0.15, 0.2) is 28.8 Å². The summed E-state index contributed by atoms with van der Waals surface area (Å²) in [7, 11) is 0. The lowest BCUT2D eigenvalue weighted by atomic mass is 9.96. The topological polar surface area (TPSA) is 80.0 Å². The second kappa shape index (κ2) is 6.26. The number of anilines is 1. The van der Waals surface area contributed by atoms with Crippen LogP contribution in [-0.4, -0.2) is 22.1 Å². The van der Waals surface area contributed by atoms with E-state index in [1.165, 1.54) is 0 Å². The number of benzene rings is 1. The van der Waals surface area contributed by atoms with Crippen LogP contribution in [0.1, 0.15) is 68.7 Å². The van der Waals surface area contributed by atoms with Gasteiger partial charge in [0.2, 0.25) is 5.89 Å². The van der Waals surface area contributed by atoms with E-state index < -0.39 is 0 Å². The van der Waals surface area contributed by atoms with Gasteiger partial charge in [-0.1, -0.05) is 25.9 Å². The monoisotopic (exact) mass is 328 g/mol. The second-order valence-electron chi connectivity index (χ2n) is 7.40. The molecule has 1 atom stereocenters. The highest BCUT2D eigenvalue weighted by Crippen LogP contribution is 2.23. The molecule has 2 aromatic rings. The normalized spacial score (nSPS) is 15.8. The van der Waals surface area contributed by atoms with E-state index in [0.717, 1.165) is 18.5 Å². The number of nitrogens with zero attached hydrogens (tertiary/aromatic N) is 2. The summed E-state index contributed by atoms with van der Waals surface area (Å²) in [6.07, 6.45) is 2.17. The molecule has 24 heavy (non-hydrogen) atoms. The molecule has 1 saturated carbocycles. The average Bonchev–Trinajstić information content (AvgIpc) is 3.17. The zero-order valence-electron chi connectivity index (χ0n) is 14.6. The zero-order chi connectivity index (χ0) is 17.3. The molecule has 1 aliphatic carbocycles. The largest absolute Gasteiger partial charge is 0.374 e. The van der Waals surface area contributed by atoms with Gasteiger partial charge in [0.25, 0.3) is 5.91 Å². The number of rotatable bonds is 5. The second-order valence-corrected chi connectivity index (χ2v) is 7.40. The summed E-state index contributed by atoms with van der Waals surface area (Å²) in [5.74, 6) is 1.23. The summed E-state index contributed by atoms with van der Waals surface area (Å²) in [5.41, 5.74) is 1.44. The fourth-order valence-electron chi connectivity index (χ4n) is 2.24. The van der Waals surface area contributed by atoms with E-state index >= 15 is 0 Å². The fourth-order valence-corrected chi connectivity index (χ4v) is 2.24. The highest BCUT2D eigenvalue weighted by Gasteiger charge is 2.24. The Labute approximate surface area is 142 Å². The molecule has 1 unspecified atom stereocenters. The minimum absolute atomic E-state index is 0.0104. The van der Waals surface area contributed by atoms with Gasteiger partial charge >= 0.3 is 0 Å². The van der Waals surface area contributed by atoms with Crippen molar-refractivity contribution in [3.63, 3.8) is 0 Å². The number of nitrogens with one attached hydrogen (secondary N) is 2. The standard InChI is InChI=1S/C18H24N4O2/c1-11(16-21-17(22-24-16)18(2,3)4)19-13-7-5-12(6-8-13)15(23)20-14-9-10-14/h5-8,11,14,19H,9-10H2,1-4H3,(H,20,23). The van der Waals surface area contributed by atoms with Crippen molar-refractivity contribution in [3.8, 4) is 0 Å². The van der Waals surface area contributed by atoms with Gasteiger partial charge in [-0.05, 0) is 44.0 Å². The molecule has 128 valence electrons. The third-order valence-corrected chi connectivity index (χ3v) is 3.93. The number of carbonyl (C=O) groups excluding carboxylic acids is 1. The third kappa shape index (κ3) is 3.93. The molecule has 1 aliphatic rings. The molecule has 1 fully saturated rings. The number of aromatic nitrogens is 2. The molecular weight excluding hydrogens is 304 g/mol. The van der Waals surface area contributed by atoms with E-state index in [1.54, 1.807) is 0 Å². The Morgan fingerprint density at radius 3 is 2.46 bits per heavy atom. The van der Waals surface area contributed by atoms with Crippen LogP contribution in [0.25, 0.3) is 0 Å². The van der Waals surface area contributed by atoms with Crippen LogP contribution in [-0.2, 0) is 5.41 Å². The van der Waals surface area contributed by atoms with E-state index in [1.807, 2.05) is 52.0 Å². The van der Waals surface area contributed by atoms with Gasteiger partial charge < -0.3 is 15.2 Å². The highest BCUT2D eigenvalue weighted by atomic mass is 16.5. The first-order chi connectivity index (χ1) is 11.3. The van der Waals surface area contributed by atoms with Crippen LogP contribution in [0.5, 0.6) is 0 Å². The molecule has 3 rings (SSSR count). The number of hydrogen-bond donors (Lipinski definition) is 2. The summed E-state index contributed by atoms with van der Waals surface area (Å²) in [6, 6.07) is 7.67. The molecule has 6 nitrogen and oxygen atoms in total. The van der Waals surface area contributed by atoms with Crippen molar-refractivity contribution in [1.29, 1.82) is 0 Å². The SMILES string of the molecule is CC(Nc1ccc(C(=O)NC2CC2)cc1)c1nc(C(C)(C)C)no1. The predicted octanol–water partition coefficient (Wildman–Crippen LogP) is 3.43. The van der Waals surface area contributed by atoms with Gasteiger partial charge in [-0.2, -0.15) is 4.98 Å². The van der Waals surface area contributed by atoms with Crippen molar-refractivity contribution < 1.29 is 9.32 Å². The summed E-state index contributed by atoms with van der Waals surface area (Å²) < 4.78 is 5.35. The molecule has 0 spiro atoms. The van der Waals surface area contributed by atoms with Gasteiger partial charge in [-0.25, -0.2) is 0 Å². The molecule has 6 heteroatoms. The maximum Gasteiger partial charge on any atom is 0.251 e. The van der Waals surface area contributed by atoms with Crippen LogP contribution < -0.4 is 10.6 Å². The van der Waals surface area contributed by atoms with Crippen LogP contribution in [0, 0.1) is 0 Å². The van der Waals surface area contributed by atoms with Gasteiger partial charge in [0.05, 0.1) is 0 Å². The summed E-state index contributed by atoms with van der Waals surface area (Å²) in [5, 5.41) is 10.3. The van der Waals surface area contributed by atoms with E-state index in [0.29, 0.717) is 23.3 Å². The first kappa shape index (κ1) is 16.5. The molecule has 0 bridgehead atoms. The molecular formula is C18H24N4O2. The Morgan fingerprint density at radius 1 is 1.25 bits per heavy atom. The van der Waals surface area contributed by atoms with Gasteiger partial charge in [0.1, 0.15) is 6.04 Å². The van der Waals surface area contributed by atoms with Crippen molar-refractivity contribution in [2.75, 3.05) is 5.32 Å². The Morgan fingerprint density at radius 2 is 1.92 bits per heavy atom. The van der Waals surface area contributed by atoms with E-state index in [4.69, 9.17) is 4.52 Å². The number of hydrogen-bond acceptors (Lipinski definition) is 5. The lowest BCUT2D eigenvalue weighted by Crippen LogP contribution is -2.25. The van der Waals surface area contributed by atoms with Crippen molar-refractivity contribution in [3.05, 3.63) is 41.5 Å². The minimum Gasteiger partial charge on any atom is -0.374 e. The smallest absolute Gasteiger partial charge is 0.251 e. The maximum atomic E-state index is 12.0. The molecule has 1 heterocycles. The molecule has 2 N–H and O–H groups in total. The van der Waals surface area contributed by atoms with Crippen LogP contribution >= 0.6 is 0 Å². The summed E-state index contributed by atoms with van der Waals surface area (Å²) >= 11 is 0. The van der Waals surface area contributed by atoms with E-state index in [9.17, 15) is 4.79 Å². The van der Waals surface area contributed by atoms with Gasteiger partial charge in [-0.3, -0.25) is 4.79 Å². The molecule has 0 saturated heterocycles. The predicted molar refractivity (Wildman–Crippen MR) is 92.0 cm³/mol. The lowest BCUT2D eigenvalue weighted by molar-refractivity contribution is 0.0951. The highest BCUT2D eigenvalue weighted by molar-refractivity contribution is 5.94. The van der Waals surface area contributed by atoms with Crippen LogP contribution in [0.2, 0.25) is 0 Å². The van der Waals surface area contributed by atoms with Crippen LogP contribution in [0.4, 0.5) is 5.69 Å². The Kier molecular flexibility index (Phi) is 4.30. The Hall–Kier alpha value is -2.37.